The fraction of sp³-hybridized carbons (Fsp3) is 0.214. The van der Waals surface area contributed by atoms with Crippen LogP contribution in [0.1, 0.15) is 12.5 Å². The Hall–Kier alpha value is -1.68. The number of benzene rings is 1. The lowest BCUT2D eigenvalue weighted by Crippen LogP contribution is -1.95. The number of aliphatic hydroxyl groups excluding tert-OH is 1. The summed E-state index contributed by atoms with van der Waals surface area (Å²) in [6, 6.07) is 7.41. The van der Waals surface area contributed by atoms with Crippen molar-refractivity contribution in [3.05, 3.63) is 46.6 Å². The van der Waals surface area contributed by atoms with Crippen LogP contribution in [0.3, 0.4) is 0 Å². The fourth-order valence-corrected chi connectivity index (χ4v) is 1.96. The molecule has 18 heavy (non-hydrogen) atoms. The van der Waals surface area contributed by atoms with Gasteiger partial charge in [0.15, 0.2) is 5.78 Å². The molecule has 0 aliphatic heterocycles. The third kappa shape index (κ3) is 3.96. The predicted octanol–water partition coefficient (Wildman–Crippen LogP) is 3.43. The van der Waals surface area contributed by atoms with Crippen LogP contribution in [0.2, 0.25) is 0 Å². The van der Waals surface area contributed by atoms with Gasteiger partial charge in [0.2, 0.25) is 0 Å². The number of ketones is 1. The molecule has 0 aliphatic carbocycles. The summed E-state index contributed by atoms with van der Waals surface area (Å²) < 4.78 is 5.05. The van der Waals surface area contributed by atoms with Gasteiger partial charge in [0.25, 0.3) is 0 Å². The summed E-state index contributed by atoms with van der Waals surface area (Å²) in [5.41, 5.74) is 0.923. The lowest BCUT2D eigenvalue weighted by molar-refractivity contribution is -0.113. The number of hydrogen-bond acceptors (Lipinski definition) is 4. The number of allylic oxidation sites excluding steroid dienone is 2. The molecule has 0 spiro atoms. The molecule has 4 heteroatoms. The van der Waals surface area contributed by atoms with Crippen LogP contribution in [-0.4, -0.2) is 24.3 Å². The zero-order valence-electron chi connectivity index (χ0n) is 10.6. The van der Waals surface area contributed by atoms with Crippen molar-refractivity contribution in [3.8, 4) is 5.75 Å². The average Bonchev–Trinajstić information content (AvgIpc) is 2.37. The lowest BCUT2D eigenvalue weighted by atomic mass is 10.2. The maximum absolute atomic E-state index is 11.2. The van der Waals surface area contributed by atoms with Crippen LogP contribution in [0.15, 0.2) is 41.0 Å². The zero-order chi connectivity index (χ0) is 13.5. The molecule has 1 aromatic carbocycles. The van der Waals surface area contributed by atoms with Gasteiger partial charge in [-0.05, 0) is 37.0 Å². The number of hydrogen-bond donors (Lipinski definition) is 1. The van der Waals surface area contributed by atoms with E-state index in [9.17, 15) is 9.90 Å². The molecular weight excluding hydrogens is 248 g/mol. The van der Waals surface area contributed by atoms with Crippen molar-refractivity contribution in [2.75, 3.05) is 13.4 Å². The second-order valence-electron chi connectivity index (χ2n) is 3.58. The molecule has 1 N–H and O–H groups in total. The molecule has 1 rings (SSSR count). The minimum absolute atomic E-state index is 0.00850. The standard InChI is InChI=1S/C14H16O3S/c1-10(15)14(18-3)13(16)9-6-11-4-7-12(17-2)8-5-11/h4-9,16H,1-3H3/b9-6+,14-13+. The first-order valence-electron chi connectivity index (χ1n) is 5.38. The molecule has 1 aromatic rings. The number of rotatable bonds is 5. The Labute approximate surface area is 111 Å². The Balaban J connectivity index is 2.88. The molecular formula is C14H16O3S. The third-order valence-electron chi connectivity index (χ3n) is 2.31. The Bertz CT molecular complexity index is 472. The normalized spacial score (nSPS) is 12.4. The number of Topliss-reactive ketones (excluding diaryl/α,β-unsaturated/α-hetero) is 1. The fourth-order valence-electron chi connectivity index (χ4n) is 1.39. The van der Waals surface area contributed by atoms with Crippen molar-refractivity contribution >= 4 is 23.6 Å². The molecule has 0 unspecified atom stereocenters. The van der Waals surface area contributed by atoms with Gasteiger partial charge in [0.05, 0.1) is 12.0 Å². The minimum Gasteiger partial charge on any atom is -0.507 e. The zero-order valence-corrected chi connectivity index (χ0v) is 11.5. The molecule has 0 amide bonds. The summed E-state index contributed by atoms with van der Waals surface area (Å²) in [6.07, 6.45) is 5.02. The van der Waals surface area contributed by atoms with Gasteiger partial charge in [-0.1, -0.05) is 18.2 Å². The van der Waals surface area contributed by atoms with E-state index >= 15 is 0 Å². The molecule has 96 valence electrons. The van der Waals surface area contributed by atoms with E-state index in [1.807, 2.05) is 24.3 Å². The summed E-state index contributed by atoms with van der Waals surface area (Å²) >= 11 is 1.24. The lowest BCUT2D eigenvalue weighted by Gasteiger charge is -2.01. The molecule has 3 nitrogen and oxygen atoms in total. The first-order chi connectivity index (χ1) is 8.58. The predicted molar refractivity (Wildman–Crippen MR) is 75.9 cm³/mol. The first-order valence-corrected chi connectivity index (χ1v) is 6.61. The van der Waals surface area contributed by atoms with Gasteiger partial charge in [0, 0.05) is 0 Å². The summed E-state index contributed by atoms with van der Waals surface area (Å²) in [5, 5.41) is 9.77. The monoisotopic (exact) mass is 264 g/mol. The van der Waals surface area contributed by atoms with Crippen LogP contribution in [0, 0.1) is 0 Å². The van der Waals surface area contributed by atoms with Crippen molar-refractivity contribution < 1.29 is 14.6 Å². The van der Waals surface area contributed by atoms with Crippen LogP contribution >= 0.6 is 11.8 Å². The van der Waals surface area contributed by atoms with E-state index in [1.165, 1.54) is 24.8 Å². The molecule has 0 saturated carbocycles. The van der Waals surface area contributed by atoms with Gasteiger partial charge in [-0.3, -0.25) is 4.79 Å². The largest absolute Gasteiger partial charge is 0.507 e. The quantitative estimate of drug-likeness (QED) is 0.503. The van der Waals surface area contributed by atoms with E-state index in [4.69, 9.17) is 4.74 Å². The third-order valence-corrected chi connectivity index (χ3v) is 3.21. The van der Waals surface area contributed by atoms with Crippen molar-refractivity contribution in [2.45, 2.75) is 6.92 Å². The number of carbonyl (C=O) groups is 1. The van der Waals surface area contributed by atoms with Crippen molar-refractivity contribution in [3.63, 3.8) is 0 Å². The van der Waals surface area contributed by atoms with Crippen molar-refractivity contribution in [1.29, 1.82) is 0 Å². The summed E-state index contributed by atoms with van der Waals surface area (Å²) in [5.74, 6) is 0.630. The molecule has 0 aromatic heterocycles. The Morgan fingerprint density at radius 2 is 1.94 bits per heavy atom. The first kappa shape index (κ1) is 14.4. The molecule has 0 bridgehead atoms. The van der Waals surface area contributed by atoms with E-state index in [2.05, 4.69) is 0 Å². The summed E-state index contributed by atoms with van der Waals surface area (Å²) in [4.78, 5) is 11.6. The number of methoxy groups -OCH3 is 1. The van der Waals surface area contributed by atoms with Gasteiger partial charge < -0.3 is 9.84 Å². The van der Waals surface area contributed by atoms with Crippen molar-refractivity contribution in [1.82, 2.24) is 0 Å². The van der Waals surface area contributed by atoms with Gasteiger partial charge in [-0.25, -0.2) is 0 Å². The van der Waals surface area contributed by atoms with E-state index < -0.39 is 0 Å². The number of carbonyl (C=O) groups excluding carboxylic acids is 1. The highest BCUT2D eigenvalue weighted by Gasteiger charge is 2.06. The van der Waals surface area contributed by atoms with Crippen LogP contribution in [0.5, 0.6) is 5.75 Å². The molecule has 0 aliphatic rings. The Kier molecular flexibility index (Phi) is 5.52. The van der Waals surface area contributed by atoms with Gasteiger partial charge >= 0.3 is 0 Å². The van der Waals surface area contributed by atoms with E-state index in [1.54, 1.807) is 19.4 Å². The average molecular weight is 264 g/mol. The number of thioether (sulfide) groups is 1. The molecule has 0 radical (unpaired) electrons. The van der Waals surface area contributed by atoms with Crippen LogP contribution in [0.4, 0.5) is 0 Å². The number of aliphatic hydroxyl groups is 1. The molecule has 0 fully saturated rings. The van der Waals surface area contributed by atoms with E-state index in [0.717, 1.165) is 11.3 Å². The highest BCUT2D eigenvalue weighted by molar-refractivity contribution is 8.03. The highest BCUT2D eigenvalue weighted by Crippen LogP contribution is 2.18. The smallest absolute Gasteiger partial charge is 0.169 e. The topological polar surface area (TPSA) is 46.5 Å². The minimum atomic E-state index is -0.139. The SMILES string of the molecule is COc1ccc(/C=C/C(O)=C(\SC)C(C)=O)cc1. The molecule has 0 heterocycles. The van der Waals surface area contributed by atoms with Crippen molar-refractivity contribution in [2.24, 2.45) is 0 Å². The van der Waals surface area contributed by atoms with Gasteiger partial charge in [-0.15, -0.1) is 11.8 Å². The number of ether oxygens (including phenoxy) is 1. The summed E-state index contributed by atoms with van der Waals surface area (Å²) in [6.45, 7) is 1.43. The Morgan fingerprint density at radius 1 is 1.33 bits per heavy atom. The molecule has 0 saturated heterocycles. The molecule has 0 atom stereocenters. The van der Waals surface area contributed by atoms with E-state index in [-0.39, 0.29) is 11.5 Å². The second-order valence-corrected chi connectivity index (χ2v) is 4.40. The van der Waals surface area contributed by atoms with Gasteiger partial charge in [0.1, 0.15) is 11.5 Å². The maximum atomic E-state index is 11.2. The van der Waals surface area contributed by atoms with Gasteiger partial charge in [-0.2, -0.15) is 0 Å². The maximum Gasteiger partial charge on any atom is 0.169 e. The van der Waals surface area contributed by atoms with Crippen LogP contribution in [-0.2, 0) is 4.79 Å². The highest BCUT2D eigenvalue weighted by atomic mass is 32.2. The second kappa shape index (κ2) is 6.91. The van der Waals surface area contributed by atoms with E-state index in [0.29, 0.717) is 4.91 Å². The van der Waals surface area contributed by atoms with Crippen LogP contribution in [0.25, 0.3) is 6.08 Å². The summed E-state index contributed by atoms with van der Waals surface area (Å²) in [7, 11) is 1.61. The van der Waals surface area contributed by atoms with Crippen LogP contribution < -0.4 is 4.74 Å². The Morgan fingerprint density at radius 3 is 2.39 bits per heavy atom.